The van der Waals surface area contributed by atoms with Crippen molar-refractivity contribution in [3.05, 3.63) is 35.7 Å². The zero-order chi connectivity index (χ0) is 17.2. The first-order valence-corrected chi connectivity index (χ1v) is 9.38. The molecule has 2 aliphatic rings. The fourth-order valence-electron chi connectivity index (χ4n) is 3.78. The molecule has 3 heterocycles. The molecule has 6 heteroatoms. The summed E-state index contributed by atoms with van der Waals surface area (Å²) in [6.07, 6.45) is 8.28. The molecule has 1 saturated carbocycles. The third-order valence-electron chi connectivity index (χ3n) is 5.59. The Kier molecular flexibility index (Phi) is 4.51. The molecule has 0 bridgehead atoms. The molecule has 2 aromatic rings. The standard InChI is InChI=1S/C19H26N6/c1-3-16-14(2)20-12-23-19(16)25-9-7-24(8-10-25)18-11-17(21-13-22-18)15-5-4-6-15/h11-13,15H,3-10H2,1-2H3. The molecule has 0 amide bonds. The van der Waals surface area contributed by atoms with E-state index in [4.69, 9.17) is 0 Å². The van der Waals surface area contributed by atoms with Gasteiger partial charge in [0.05, 0.1) is 0 Å². The summed E-state index contributed by atoms with van der Waals surface area (Å²) in [7, 11) is 0. The molecule has 6 nitrogen and oxygen atoms in total. The minimum absolute atomic E-state index is 0.652. The third kappa shape index (κ3) is 3.17. The summed E-state index contributed by atoms with van der Waals surface area (Å²) in [6, 6.07) is 2.20. The number of hydrogen-bond donors (Lipinski definition) is 0. The number of nitrogens with zero attached hydrogens (tertiary/aromatic N) is 6. The molecule has 0 aromatic carbocycles. The zero-order valence-corrected chi connectivity index (χ0v) is 15.1. The second-order valence-electron chi connectivity index (χ2n) is 7.02. The van der Waals surface area contributed by atoms with Gasteiger partial charge < -0.3 is 9.80 Å². The molecule has 2 aromatic heterocycles. The third-order valence-corrected chi connectivity index (χ3v) is 5.59. The van der Waals surface area contributed by atoms with Crippen LogP contribution in [0.4, 0.5) is 11.6 Å². The maximum atomic E-state index is 4.56. The van der Waals surface area contributed by atoms with Gasteiger partial charge in [0.15, 0.2) is 0 Å². The van der Waals surface area contributed by atoms with Gasteiger partial charge in [-0.05, 0) is 26.2 Å². The minimum atomic E-state index is 0.652. The molecule has 0 atom stereocenters. The highest BCUT2D eigenvalue weighted by molar-refractivity contribution is 5.51. The van der Waals surface area contributed by atoms with Crippen LogP contribution in [0.5, 0.6) is 0 Å². The van der Waals surface area contributed by atoms with E-state index in [1.54, 1.807) is 12.7 Å². The van der Waals surface area contributed by atoms with E-state index in [1.807, 2.05) is 0 Å². The molecule has 4 rings (SSSR count). The van der Waals surface area contributed by atoms with Gasteiger partial charge in [-0.25, -0.2) is 19.9 Å². The van der Waals surface area contributed by atoms with E-state index in [1.165, 1.54) is 30.5 Å². The largest absolute Gasteiger partial charge is 0.353 e. The normalized spacial score (nSPS) is 18.3. The summed E-state index contributed by atoms with van der Waals surface area (Å²) in [5.74, 6) is 2.83. The number of aromatic nitrogens is 4. The second kappa shape index (κ2) is 6.94. The molecule has 0 spiro atoms. The van der Waals surface area contributed by atoms with E-state index in [2.05, 4.69) is 49.6 Å². The Morgan fingerprint density at radius 3 is 2.36 bits per heavy atom. The Hall–Kier alpha value is -2.24. The van der Waals surface area contributed by atoms with E-state index in [0.717, 1.165) is 49.9 Å². The maximum absolute atomic E-state index is 4.56. The van der Waals surface area contributed by atoms with Crippen molar-refractivity contribution in [3.63, 3.8) is 0 Å². The van der Waals surface area contributed by atoms with Crippen LogP contribution in [0.3, 0.4) is 0 Å². The predicted octanol–water partition coefficient (Wildman–Crippen LogP) is 2.73. The quantitative estimate of drug-likeness (QED) is 0.854. The SMILES string of the molecule is CCc1c(C)ncnc1N1CCN(c2cc(C3CCC3)ncn2)CC1. The first-order chi connectivity index (χ1) is 12.3. The smallest absolute Gasteiger partial charge is 0.135 e. The van der Waals surface area contributed by atoms with Crippen molar-refractivity contribution >= 4 is 11.6 Å². The lowest BCUT2D eigenvalue weighted by molar-refractivity contribution is 0.410. The fourth-order valence-corrected chi connectivity index (χ4v) is 3.78. The van der Waals surface area contributed by atoms with Crippen LogP contribution in [0.15, 0.2) is 18.7 Å². The molecule has 1 aliphatic heterocycles. The highest BCUT2D eigenvalue weighted by atomic mass is 15.3. The van der Waals surface area contributed by atoms with Crippen LogP contribution in [0.25, 0.3) is 0 Å². The number of hydrogen-bond acceptors (Lipinski definition) is 6. The van der Waals surface area contributed by atoms with Gasteiger partial charge in [-0.15, -0.1) is 0 Å². The molecule has 0 N–H and O–H groups in total. The van der Waals surface area contributed by atoms with Crippen LogP contribution in [-0.4, -0.2) is 46.1 Å². The number of aryl methyl sites for hydroxylation is 1. The molecular weight excluding hydrogens is 312 g/mol. The van der Waals surface area contributed by atoms with Crippen molar-refractivity contribution < 1.29 is 0 Å². The lowest BCUT2D eigenvalue weighted by Gasteiger charge is -2.37. The molecule has 132 valence electrons. The van der Waals surface area contributed by atoms with E-state index in [-0.39, 0.29) is 0 Å². The van der Waals surface area contributed by atoms with Gasteiger partial charge in [-0.1, -0.05) is 13.3 Å². The van der Waals surface area contributed by atoms with E-state index >= 15 is 0 Å². The fraction of sp³-hybridized carbons (Fsp3) is 0.579. The highest BCUT2D eigenvalue weighted by Crippen LogP contribution is 2.36. The molecule has 1 aliphatic carbocycles. The Bertz CT molecular complexity index is 734. The van der Waals surface area contributed by atoms with Crippen LogP contribution in [0, 0.1) is 6.92 Å². The van der Waals surface area contributed by atoms with Gasteiger partial charge in [0.25, 0.3) is 0 Å². The van der Waals surface area contributed by atoms with Gasteiger partial charge in [0, 0.05) is 55.1 Å². The first kappa shape index (κ1) is 16.2. The van der Waals surface area contributed by atoms with Crippen molar-refractivity contribution in [1.82, 2.24) is 19.9 Å². The molecular formula is C19H26N6. The Balaban J connectivity index is 1.46. The minimum Gasteiger partial charge on any atom is -0.353 e. The molecule has 0 unspecified atom stereocenters. The van der Waals surface area contributed by atoms with Crippen LogP contribution in [0.2, 0.25) is 0 Å². The maximum Gasteiger partial charge on any atom is 0.135 e. The summed E-state index contributed by atoms with van der Waals surface area (Å²) in [6.45, 7) is 8.11. The van der Waals surface area contributed by atoms with Crippen molar-refractivity contribution in [2.24, 2.45) is 0 Å². The van der Waals surface area contributed by atoms with Crippen molar-refractivity contribution in [3.8, 4) is 0 Å². The van der Waals surface area contributed by atoms with Crippen LogP contribution in [-0.2, 0) is 6.42 Å². The summed E-state index contributed by atoms with van der Waals surface area (Å²) in [5.41, 5.74) is 3.58. The lowest BCUT2D eigenvalue weighted by Crippen LogP contribution is -2.47. The Morgan fingerprint density at radius 2 is 1.68 bits per heavy atom. The monoisotopic (exact) mass is 338 g/mol. The zero-order valence-electron chi connectivity index (χ0n) is 15.1. The summed E-state index contributed by atoms with van der Waals surface area (Å²) >= 11 is 0. The van der Waals surface area contributed by atoms with Crippen LogP contribution >= 0.6 is 0 Å². The van der Waals surface area contributed by atoms with Gasteiger partial charge in [0.1, 0.15) is 24.3 Å². The Labute approximate surface area is 149 Å². The second-order valence-corrected chi connectivity index (χ2v) is 7.02. The Morgan fingerprint density at radius 1 is 0.960 bits per heavy atom. The first-order valence-electron chi connectivity index (χ1n) is 9.38. The number of anilines is 2. The summed E-state index contributed by atoms with van der Waals surface area (Å²) in [4.78, 5) is 22.7. The molecule has 25 heavy (non-hydrogen) atoms. The number of piperazine rings is 1. The number of rotatable bonds is 4. The van der Waals surface area contributed by atoms with Gasteiger partial charge >= 0.3 is 0 Å². The van der Waals surface area contributed by atoms with E-state index in [0.29, 0.717) is 5.92 Å². The van der Waals surface area contributed by atoms with Crippen molar-refractivity contribution in [1.29, 1.82) is 0 Å². The van der Waals surface area contributed by atoms with Gasteiger partial charge in [0.2, 0.25) is 0 Å². The van der Waals surface area contributed by atoms with Gasteiger partial charge in [-0.2, -0.15) is 0 Å². The van der Waals surface area contributed by atoms with Crippen molar-refractivity contribution in [2.45, 2.75) is 45.4 Å². The molecule has 2 fully saturated rings. The summed E-state index contributed by atoms with van der Waals surface area (Å²) in [5, 5.41) is 0. The van der Waals surface area contributed by atoms with Crippen molar-refractivity contribution in [2.75, 3.05) is 36.0 Å². The van der Waals surface area contributed by atoms with Crippen LogP contribution < -0.4 is 9.80 Å². The van der Waals surface area contributed by atoms with Crippen LogP contribution in [0.1, 0.15) is 49.1 Å². The lowest BCUT2D eigenvalue weighted by atomic mass is 9.83. The van der Waals surface area contributed by atoms with Gasteiger partial charge in [-0.3, -0.25) is 0 Å². The highest BCUT2D eigenvalue weighted by Gasteiger charge is 2.24. The average Bonchev–Trinajstić information content (AvgIpc) is 2.60. The molecule has 0 radical (unpaired) electrons. The van der Waals surface area contributed by atoms with E-state index < -0.39 is 0 Å². The summed E-state index contributed by atoms with van der Waals surface area (Å²) < 4.78 is 0. The topological polar surface area (TPSA) is 58.0 Å². The molecule has 1 saturated heterocycles. The predicted molar refractivity (Wildman–Crippen MR) is 99.2 cm³/mol. The average molecular weight is 338 g/mol. The van der Waals surface area contributed by atoms with E-state index in [9.17, 15) is 0 Å².